The van der Waals surface area contributed by atoms with Crippen molar-refractivity contribution < 1.29 is 17.9 Å². The van der Waals surface area contributed by atoms with Gasteiger partial charge < -0.3 is 10.1 Å². The molecule has 0 saturated heterocycles. The van der Waals surface area contributed by atoms with Crippen LogP contribution in [0.3, 0.4) is 0 Å². The summed E-state index contributed by atoms with van der Waals surface area (Å²) in [6.07, 6.45) is 2.32. The minimum Gasteiger partial charge on any atom is -0.383 e. The van der Waals surface area contributed by atoms with E-state index < -0.39 is 10.0 Å². The molecule has 2 rings (SSSR count). The molecule has 0 radical (unpaired) electrons. The molecule has 1 aliphatic carbocycles. The lowest BCUT2D eigenvalue weighted by Crippen LogP contribution is -2.34. The first kappa shape index (κ1) is 16.9. The van der Waals surface area contributed by atoms with Crippen molar-refractivity contribution in [1.82, 2.24) is 10.0 Å². The summed E-state index contributed by atoms with van der Waals surface area (Å²) < 4.78 is 31.2. The second-order valence-corrected chi connectivity index (χ2v) is 7.28. The minimum absolute atomic E-state index is 0.135. The Morgan fingerprint density at radius 3 is 2.50 bits per heavy atom. The van der Waals surface area contributed by atoms with E-state index >= 15 is 0 Å². The maximum Gasteiger partial charge on any atom is 0.251 e. The predicted molar refractivity (Wildman–Crippen MR) is 83.2 cm³/mol. The Morgan fingerprint density at radius 1 is 1.32 bits per heavy atom. The molecule has 1 amide bonds. The van der Waals surface area contributed by atoms with E-state index in [0.29, 0.717) is 18.1 Å². The molecule has 1 aliphatic rings. The molecule has 0 bridgehead atoms. The van der Waals surface area contributed by atoms with Gasteiger partial charge >= 0.3 is 0 Å². The van der Waals surface area contributed by atoms with E-state index in [4.69, 9.17) is 4.74 Å². The molecule has 7 heteroatoms. The lowest BCUT2D eigenvalue weighted by atomic mass is 10.1. The largest absolute Gasteiger partial charge is 0.383 e. The number of methoxy groups -OCH3 is 1. The quantitative estimate of drug-likeness (QED) is 0.702. The number of rotatable bonds is 8. The lowest BCUT2D eigenvalue weighted by molar-refractivity contribution is 0.0935. The van der Waals surface area contributed by atoms with Crippen molar-refractivity contribution in [3.05, 3.63) is 29.8 Å². The zero-order valence-corrected chi connectivity index (χ0v) is 13.7. The van der Waals surface area contributed by atoms with Crippen molar-refractivity contribution in [3.8, 4) is 0 Å². The zero-order chi connectivity index (χ0) is 16.2. The summed E-state index contributed by atoms with van der Waals surface area (Å²) >= 11 is 0. The summed E-state index contributed by atoms with van der Waals surface area (Å²) in [5.74, 6) is 0.407. The Labute approximate surface area is 131 Å². The first-order chi connectivity index (χ1) is 10.4. The molecule has 122 valence electrons. The van der Waals surface area contributed by atoms with Crippen molar-refractivity contribution in [2.75, 3.05) is 20.3 Å². The standard InChI is InChI=1S/C15H22N2O4S/c1-11(12-3-4-12)17-15(18)13-5-7-14(8-6-13)22(19,20)16-9-10-21-2/h5-8,11-12,16H,3-4,9-10H2,1-2H3,(H,17,18). The van der Waals surface area contributed by atoms with Crippen molar-refractivity contribution >= 4 is 15.9 Å². The highest BCUT2D eigenvalue weighted by atomic mass is 32.2. The molecule has 1 atom stereocenters. The van der Waals surface area contributed by atoms with E-state index in [2.05, 4.69) is 10.0 Å². The van der Waals surface area contributed by atoms with Crippen LogP contribution < -0.4 is 10.0 Å². The Balaban J connectivity index is 1.98. The monoisotopic (exact) mass is 326 g/mol. The van der Waals surface area contributed by atoms with Gasteiger partial charge in [0.2, 0.25) is 10.0 Å². The molecular formula is C15H22N2O4S. The van der Waals surface area contributed by atoms with E-state index in [1.807, 2.05) is 6.92 Å². The van der Waals surface area contributed by atoms with Crippen LogP contribution in [0.25, 0.3) is 0 Å². The third-order valence-electron chi connectivity index (χ3n) is 3.71. The topological polar surface area (TPSA) is 84.5 Å². The number of carbonyl (C=O) groups is 1. The molecular weight excluding hydrogens is 304 g/mol. The van der Waals surface area contributed by atoms with Gasteiger partial charge in [0.05, 0.1) is 11.5 Å². The van der Waals surface area contributed by atoms with Crippen molar-refractivity contribution in [3.63, 3.8) is 0 Å². The predicted octanol–water partition coefficient (Wildman–Crippen LogP) is 1.14. The summed E-state index contributed by atoms with van der Waals surface area (Å²) in [4.78, 5) is 12.2. The molecule has 1 saturated carbocycles. The van der Waals surface area contributed by atoms with Gasteiger partial charge in [-0.05, 0) is 49.9 Å². The van der Waals surface area contributed by atoms with E-state index in [1.165, 1.54) is 31.4 Å². The Kier molecular flexibility index (Phi) is 5.55. The van der Waals surface area contributed by atoms with Crippen molar-refractivity contribution in [2.24, 2.45) is 5.92 Å². The molecule has 0 heterocycles. The molecule has 0 spiro atoms. The van der Waals surface area contributed by atoms with Crippen LogP contribution in [0.2, 0.25) is 0 Å². The number of hydrogen-bond acceptors (Lipinski definition) is 4. The van der Waals surface area contributed by atoms with Gasteiger partial charge in [0.15, 0.2) is 0 Å². The molecule has 1 aromatic carbocycles. The van der Waals surface area contributed by atoms with E-state index in [1.54, 1.807) is 0 Å². The van der Waals surface area contributed by atoms with Gasteiger partial charge in [-0.25, -0.2) is 13.1 Å². The number of nitrogens with one attached hydrogen (secondary N) is 2. The number of sulfonamides is 1. The smallest absolute Gasteiger partial charge is 0.251 e. The fourth-order valence-electron chi connectivity index (χ4n) is 2.15. The van der Waals surface area contributed by atoms with Gasteiger partial charge in [-0.3, -0.25) is 4.79 Å². The molecule has 6 nitrogen and oxygen atoms in total. The Hall–Kier alpha value is -1.44. The number of carbonyl (C=O) groups excluding carboxylic acids is 1. The molecule has 2 N–H and O–H groups in total. The van der Waals surface area contributed by atoms with E-state index in [0.717, 1.165) is 12.8 Å². The first-order valence-corrected chi connectivity index (χ1v) is 8.82. The third kappa shape index (κ3) is 4.53. The fourth-order valence-corrected chi connectivity index (χ4v) is 3.16. The number of benzene rings is 1. The highest BCUT2D eigenvalue weighted by molar-refractivity contribution is 7.89. The summed E-state index contributed by atoms with van der Waals surface area (Å²) in [5.41, 5.74) is 0.461. The second kappa shape index (κ2) is 7.21. The summed E-state index contributed by atoms with van der Waals surface area (Å²) in [7, 11) is -2.06. The summed E-state index contributed by atoms with van der Waals surface area (Å²) in [5, 5.41) is 2.94. The fraction of sp³-hybridized carbons (Fsp3) is 0.533. The SMILES string of the molecule is COCCNS(=O)(=O)c1ccc(C(=O)NC(C)C2CC2)cc1. The van der Waals surface area contributed by atoms with Crippen molar-refractivity contribution in [1.29, 1.82) is 0 Å². The third-order valence-corrected chi connectivity index (χ3v) is 5.19. The Morgan fingerprint density at radius 2 is 1.95 bits per heavy atom. The molecule has 22 heavy (non-hydrogen) atoms. The van der Waals surface area contributed by atoms with Crippen LogP contribution >= 0.6 is 0 Å². The molecule has 1 fully saturated rings. The van der Waals surface area contributed by atoms with Gasteiger partial charge in [0.25, 0.3) is 5.91 Å². The second-order valence-electron chi connectivity index (χ2n) is 5.51. The van der Waals surface area contributed by atoms with Gasteiger partial charge in [0.1, 0.15) is 0 Å². The molecule has 1 unspecified atom stereocenters. The van der Waals surface area contributed by atoms with Crippen LogP contribution in [0, 0.1) is 5.92 Å². The average molecular weight is 326 g/mol. The molecule has 0 aliphatic heterocycles. The zero-order valence-electron chi connectivity index (χ0n) is 12.8. The van der Waals surface area contributed by atoms with Gasteiger partial charge in [-0.2, -0.15) is 0 Å². The minimum atomic E-state index is -3.56. The van der Waals surface area contributed by atoms with Crippen LogP contribution in [-0.4, -0.2) is 40.6 Å². The number of ether oxygens (including phenoxy) is 1. The van der Waals surface area contributed by atoms with Crippen molar-refractivity contribution in [2.45, 2.75) is 30.7 Å². The van der Waals surface area contributed by atoms with Gasteiger partial charge in [-0.15, -0.1) is 0 Å². The maximum atomic E-state index is 12.1. The van der Waals surface area contributed by atoms with Crippen LogP contribution in [0.4, 0.5) is 0 Å². The number of amides is 1. The first-order valence-electron chi connectivity index (χ1n) is 7.33. The van der Waals surface area contributed by atoms with Crippen LogP contribution in [0.1, 0.15) is 30.1 Å². The van der Waals surface area contributed by atoms with Gasteiger partial charge in [0, 0.05) is 25.3 Å². The Bertz CT molecular complexity index is 609. The number of hydrogen-bond donors (Lipinski definition) is 2. The lowest BCUT2D eigenvalue weighted by Gasteiger charge is -2.13. The highest BCUT2D eigenvalue weighted by Gasteiger charge is 2.29. The van der Waals surface area contributed by atoms with Gasteiger partial charge in [-0.1, -0.05) is 0 Å². The summed E-state index contributed by atoms with van der Waals surface area (Å²) in [6.45, 7) is 2.51. The average Bonchev–Trinajstić information content (AvgIpc) is 3.32. The summed E-state index contributed by atoms with van der Waals surface area (Å²) in [6, 6.07) is 6.09. The van der Waals surface area contributed by atoms with E-state index in [9.17, 15) is 13.2 Å². The normalized spacial score (nSPS) is 16.3. The maximum absolute atomic E-state index is 12.1. The molecule has 1 aromatic rings. The molecule has 0 aromatic heterocycles. The van der Waals surface area contributed by atoms with Crippen LogP contribution in [0.15, 0.2) is 29.2 Å². The van der Waals surface area contributed by atoms with Crippen LogP contribution in [0.5, 0.6) is 0 Å². The van der Waals surface area contributed by atoms with Crippen LogP contribution in [-0.2, 0) is 14.8 Å². The van der Waals surface area contributed by atoms with E-state index in [-0.39, 0.29) is 23.4 Å². The highest BCUT2D eigenvalue weighted by Crippen LogP contribution is 2.32.